The minimum atomic E-state index is -0.191. The lowest BCUT2D eigenvalue weighted by atomic mass is 9.99. The predicted octanol–water partition coefficient (Wildman–Crippen LogP) is 3.34. The first kappa shape index (κ1) is 15.1. The van der Waals surface area contributed by atoms with Crippen molar-refractivity contribution in [3.8, 4) is 0 Å². The second kappa shape index (κ2) is 6.44. The second-order valence-electron chi connectivity index (χ2n) is 5.58. The summed E-state index contributed by atoms with van der Waals surface area (Å²) in [4.78, 5) is 14.3. The minimum Gasteiger partial charge on any atom is -0.399 e. The quantitative estimate of drug-likeness (QED) is 0.874. The van der Waals surface area contributed by atoms with Gasteiger partial charge >= 0.3 is 0 Å². The first-order valence-corrected chi connectivity index (χ1v) is 7.13. The van der Waals surface area contributed by atoms with Gasteiger partial charge in [0.05, 0.1) is 5.92 Å². The van der Waals surface area contributed by atoms with Crippen LogP contribution in [0.1, 0.15) is 29.5 Å². The number of nitrogens with two attached hydrogens (primary N) is 1. The van der Waals surface area contributed by atoms with Crippen molar-refractivity contribution in [3.63, 3.8) is 0 Å². The molecule has 0 aromatic heterocycles. The van der Waals surface area contributed by atoms with Crippen LogP contribution in [0.4, 0.5) is 5.69 Å². The van der Waals surface area contributed by atoms with Crippen LogP contribution in [0.3, 0.4) is 0 Å². The highest BCUT2D eigenvalue weighted by atomic mass is 16.2. The van der Waals surface area contributed by atoms with Crippen molar-refractivity contribution in [2.24, 2.45) is 0 Å². The number of carbonyl (C=O) groups excluding carboxylic acids is 1. The number of hydrogen-bond donors (Lipinski definition) is 1. The lowest BCUT2D eigenvalue weighted by Crippen LogP contribution is -2.30. The minimum absolute atomic E-state index is 0.0992. The van der Waals surface area contributed by atoms with Crippen molar-refractivity contribution in [1.29, 1.82) is 0 Å². The molecule has 1 amide bonds. The van der Waals surface area contributed by atoms with Gasteiger partial charge in [0, 0.05) is 19.3 Å². The van der Waals surface area contributed by atoms with Gasteiger partial charge in [-0.25, -0.2) is 0 Å². The summed E-state index contributed by atoms with van der Waals surface area (Å²) in [5, 5.41) is 0. The summed E-state index contributed by atoms with van der Waals surface area (Å²) in [6.07, 6.45) is 0. The van der Waals surface area contributed by atoms with Crippen LogP contribution in [0.25, 0.3) is 0 Å². The number of rotatable bonds is 4. The molecular formula is C18H22N2O. The molecule has 1 atom stereocenters. The van der Waals surface area contributed by atoms with Crippen LogP contribution in [-0.4, -0.2) is 17.9 Å². The van der Waals surface area contributed by atoms with E-state index in [-0.39, 0.29) is 11.8 Å². The van der Waals surface area contributed by atoms with Crippen LogP contribution >= 0.6 is 0 Å². The van der Waals surface area contributed by atoms with Gasteiger partial charge in [-0.2, -0.15) is 0 Å². The monoisotopic (exact) mass is 282 g/mol. The predicted molar refractivity (Wildman–Crippen MR) is 86.9 cm³/mol. The van der Waals surface area contributed by atoms with Gasteiger partial charge in [-0.15, -0.1) is 0 Å². The number of likely N-dealkylation sites (N-methyl/N-ethyl adjacent to an activating group) is 1. The summed E-state index contributed by atoms with van der Waals surface area (Å²) in [5.41, 5.74) is 9.78. The van der Waals surface area contributed by atoms with Gasteiger partial charge in [0.2, 0.25) is 5.91 Å². The fraction of sp³-hybridized carbons (Fsp3) is 0.278. The van der Waals surface area contributed by atoms with Gasteiger partial charge in [-0.05, 0) is 37.1 Å². The number of carbonyl (C=O) groups is 1. The number of nitrogens with zero attached hydrogens (tertiary/aromatic N) is 1. The summed E-state index contributed by atoms with van der Waals surface area (Å²) in [6, 6.07) is 15.7. The van der Waals surface area contributed by atoms with Crippen molar-refractivity contribution in [1.82, 2.24) is 4.90 Å². The highest BCUT2D eigenvalue weighted by Gasteiger charge is 2.19. The highest BCUT2D eigenvalue weighted by molar-refractivity contribution is 5.83. The third-order valence-corrected chi connectivity index (χ3v) is 3.66. The molecule has 0 bridgehead atoms. The number of amides is 1. The van der Waals surface area contributed by atoms with Crippen LogP contribution in [0, 0.1) is 6.92 Å². The van der Waals surface area contributed by atoms with Crippen molar-refractivity contribution in [2.75, 3.05) is 12.8 Å². The Kier molecular flexibility index (Phi) is 4.63. The number of hydrogen-bond acceptors (Lipinski definition) is 2. The Hall–Kier alpha value is -2.29. The molecule has 21 heavy (non-hydrogen) atoms. The molecule has 0 aliphatic rings. The van der Waals surface area contributed by atoms with E-state index in [1.54, 1.807) is 4.90 Å². The van der Waals surface area contributed by atoms with E-state index in [4.69, 9.17) is 5.73 Å². The largest absolute Gasteiger partial charge is 0.399 e. The molecule has 1 unspecified atom stereocenters. The molecule has 0 saturated heterocycles. The Morgan fingerprint density at radius 1 is 1.19 bits per heavy atom. The Bertz CT molecular complexity index is 637. The van der Waals surface area contributed by atoms with E-state index in [2.05, 4.69) is 19.1 Å². The zero-order valence-electron chi connectivity index (χ0n) is 12.8. The van der Waals surface area contributed by atoms with Crippen LogP contribution in [0.15, 0.2) is 48.5 Å². The fourth-order valence-electron chi connectivity index (χ4n) is 2.46. The molecule has 0 saturated carbocycles. The van der Waals surface area contributed by atoms with Crippen molar-refractivity contribution < 1.29 is 4.79 Å². The van der Waals surface area contributed by atoms with Gasteiger partial charge < -0.3 is 10.6 Å². The van der Waals surface area contributed by atoms with Gasteiger partial charge in [-0.3, -0.25) is 4.79 Å². The molecule has 0 radical (unpaired) electrons. The van der Waals surface area contributed by atoms with Crippen LogP contribution in [0.5, 0.6) is 0 Å². The van der Waals surface area contributed by atoms with Gasteiger partial charge in [0.1, 0.15) is 0 Å². The van der Waals surface area contributed by atoms with E-state index >= 15 is 0 Å². The van der Waals surface area contributed by atoms with E-state index in [9.17, 15) is 4.79 Å². The van der Waals surface area contributed by atoms with Gasteiger partial charge in [0.25, 0.3) is 0 Å². The van der Waals surface area contributed by atoms with E-state index in [1.807, 2.05) is 50.4 Å². The number of benzene rings is 2. The van der Waals surface area contributed by atoms with E-state index < -0.39 is 0 Å². The lowest BCUT2D eigenvalue weighted by molar-refractivity contribution is -0.131. The summed E-state index contributed by atoms with van der Waals surface area (Å²) in [5.74, 6) is -0.0922. The average Bonchev–Trinajstić information content (AvgIpc) is 2.45. The first-order valence-electron chi connectivity index (χ1n) is 7.13. The third kappa shape index (κ3) is 3.85. The maximum Gasteiger partial charge on any atom is 0.229 e. The molecule has 2 rings (SSSR count). The number of aryl methyl sites for hydroxylation is 1. The van der Waals surface area contributed by atoms with Crippen molar-refractivity contribution in [2.45, 2.75) is 26.3 Å². The first-order chi connectivity index (χ1) is 9.97. The normalized spacial score (nSPS) is 12.0. The molecule has 0 heterocycles. The maximum absolute atomic E-state index is 12.5. The smallest absolute Gasteiger partial charge is 0.229 e. The fourth-order valence-corrected chi connectivity index (χ4v) is 2.46. The highest BCUT2D eigenvalue weighted by Crippen LogP contribution is 2.20. The molecular weight excluding hydrogens is 260 g/mol. The Balaban J connectivity index is 2.08. The zero-order valence-corrected chi connectivity index (χ0v) is 12.8. The average molecular weight is 282 g/mol. The second-order valence-corrected chi connectivity index (χ2v) is 5.58. The molecule has 3 heteroatoms. The maximum atomic E-state index is 12.5. The number of nitrogen functional groups attached to an aromatic ring is 1. The zero-order chi connectivity index (χ0) is 15.4. The van der Waals surface area contributed by atoms with E-state index in [0.29, 0.717) is 12.2 Å². The summed E-state index contributed by atoms with van der Waals surface area (Å²) >= 11 is 0. The molecule has 2 N–H and O–H groups in total. The molecule has 0 fully saturated rings. The lowest BCUT2D eigenvalue weighted by Gasteiger charge is -2.22. The molecule has 0 aliphatic heterocycles. The van der Waals surface area contributed by atoms with E-state index in [0.717, 1.165) is 11.1 Å². The van der Waals surface area contributed by atoms with Crippen LogP contribution < -0.4 is 5.73 Å². The summed E-state index contributed by atoms with van der Waals surface area (Å²) in [7, 11) is 1.84. The standard InChI is InChI=1S/C18H22N2O/c1-13-6-4-7-15(10-13)12-20(3)18(21)14(2)16-8-5-9-17(19)11-16/h4-11,14H,12,19H2,1-3H3. The third-order valence-electron chi connectivity index (χ3n) is 3.66. The molecule has 2 aromatic rings. The SMILES string of the molecule is Cc1cccc(CN(C)C(=O)C(C)c2cccc(N)c2)c1. The molecule has 2 aromatic carbocycles. The van der Waals surface area contributed by atoms with Crippen molar-refractivity contribution in [3.05, 3.63) is 65.2 Å². The van der Waals surface area contributed by atoms with Crippen LogP contribution in [-0.2, 0) is 11.3 Å². The summed E-state index contributed by atoms with van der Waals surface area (Å²) in [6.45, 7) is 4.59. The molecule has 3 nitrogen and oxygen atoms in total. The van der Waals surface area contributed by atoms with Gasteiger partial charge in [0.15, 0.2) is 0 Å². The van der Waals surface area contributed by atoms with Gasteiger partial charge in [-0.1, -0.05) is 42.0 Å². The van der Waals surface area contributed by atoms with E-state index in [1.165, 1.54) is 5.56 Å². The Labute approximate surface area is 126 Å². The molecule has 0 spiro atoms. The molecule has 0 aliphatic carbocycles. The number of anilines is 1. The van der Waals surface area contributed by atoms with Crippen LogP contribution in [0.2, 0.25) is 0 Å². The van der Waals surface area contributed by atoms with Crippen molar-refractivity contribution >= 4 is 11.6 Å². The Morgan fingerprint density at radius 3 is 2.57 bits per heavy atom. The topological polar surface area (TPSA) is 46.3 Å². The summed E-state index contributed by atoms with van der Waals surface area (Å²) < 4.78 is 0. The Morgan fingerprint density at radius 2 is 1.90 bits per heavy atom. The molecule has 110 valence electrons.